The highest BCUT2D eigenvalue weighted by molar-refractivity contribution is 7.13. The quantitative estimate of drug-likeness (QED) is 0.853. The van der Waals surface area contributed by atoms with Gasteiger partial charge in [-0.2, -0.15) is 0 Å². The minimum atomic E-state index is -0.502. The Labute approximate surface area is 154 Å². The molecule has 8 heteroatoms. The number of fused-ring (bicyclic) bond motifs is 1. The number of anilines is 2. The maximum absolute atomic E-state index is 12.6. The molecule has 2 aromatic rings. The lowest BCUT2D eigenvalue weighted by atomic mass is 10.2. The largest absolute Gasteiger partial charge is 0.344 e. The Bertz CT molecular complexity index is 879. The topological polar surface area (TPSA) is 91.4 Å². The number of nitrogens with one attached hydrogen (secondary N) is 2. The molecule has 1 aromatic heterocycles. The van der Waals surface area contributed by atoms with Crippen molar-refractivity contribution in [3.8, 4) is 0 Å². The minimum Gasteiger partial charge on any atom is -0.344 e. The molecule has 0 unspecified atom stereocenters. The molecular formula is C18H18N4O3S. The normalized spacial score (nSPS) is 18.5. The fraction of sp³-hybridized carbons (Fsp3) is 0.333. The Hall–Kier alpha value is -2.74. The third-order valence-electron chi connectivity index (χ3n) is 4.61. The number of hydrogen-bond acceptors (Lipinski definition) is 5. The number of aromatic nitrogens is 1. The molecule has 2 aliphatic rings. The van der Waals surface area contributed by atoms with E-state index in [9.17, 15) is 14.4 Å². The van der Waals surface area contributed by atoms with E-state index in [1.807, 2.05) is 24.3 Å². The second-order valence-corrected chi connectivity index (χ2v) is 7.25. The number of benzene rings is 1. The summed E-state index contributed by atoms with van der Waals surface area (Å²) in [6.45, 7) is 0.688. The number of hydrogen-bond donors (Lipinski definition) is 2. The number of amides is 3. The highest BCUT2D eigenvalue weighted by Gasteiger charge is 2.28. The molecule has 4 rings (SSSR count). The SMILES string of the molecule is O=C1CC[C@@H](C(=O)Nc2nc(CC(=O)N3CCc4ccccc43)cs2)N1. The number of para-hydroxylation sites is 1. The smallest absolute Gasteiger partial charge is 0.248 e. The summed E-state index contributed by atoms with van der Waals surface area (Å²) >= 11 is 1.28. The zero-order valence-corrected chi connectivity index (χ0v) is 14.8. The van der Waals surface area contributed by atoms with Crippen molar-refractivity contribution in [1.82, 2.24) is 10.3 Å². The van der Waals surface area contributed by atoms with E-state index in [0.29, 0.717) is 30.2 Å². The average Bonchev–Trinajstić information content (AvgIpc) is 3.34. The Morgan fingerprint density at radius 3 is 2.96 bits per heavy atom. The van der Waals surface area contributed by atoms with Crippen LogP contribution in [0.4, 0.5) is 10.8 Å². The van der Waals surface area contributed by atoms with Gasteiger partial charge in [0.1, 0.15) is 6.04 Å². The van der Waals surface area contributed by atoms with E-state index >= 15 is 0 Å². The first kappa shape index (κ1) is 16.7. The molecule has 3 heterocycles. The van der Waals surface area contributed by atoms with Gasteiger partial charge in [-0.05, 0) is 24.5 Å². The average molecular weight is 370 g/mol. The summed E-state index contributed by atoms with van der Waals surface area (Å²) in [6, 6.07) is 7.42. The van der Waals surface area contributed by atoms with Crippen LogP contribution in [0.3, 0.4) is 0 Å². The number of rotatable bonds is 4. The van der Waals surface area contributed by atoms with Gasteiger partial charge in [-0.25, -0.2) is 4.98 Å². The van der Waals surface area contributed by atoms with Gasteiger partial charge in [0.25, 0.3) is 0 Å². The molecule has 1 aromatic carbocycles. The molecule has 134 valence electrons. The summed E-state index contributed by atoms with van der Waals surface area (Å²) in [7, 11) is 0. The predicted octanol–water partition coefficient (Wildman–Crippen LogP) is 1.49. The Kier molecular flexibility index (Phi) is 4.42. The highest BCUT2D eigenvalue weighted by Crippen LogP contribution is 2.28. The van der Waals surface area contributed by atoms with Crippen molar-refractivity contribution < 1.29 is 14.4 Å². The highest BCUT2D eigenvalue weighted by atomic mass is 32.1. The third kappa shape index (κ3) is 3.32. The van der Waals surface area contributed by atoms with E-state index in [2.05, 4.69) is 15.6 Å². The summed E-state index contributed by atoms with van der Waals surface area (Å²) in [5.74, 6) is -0.376. The predicted molar refractivity (Wildman–Crippen MR) is 98.1 cm³/mol. The molecule has 0 radical (unpaired) electrons. The van der Waals surface area contributed by atoms with Crippen LogP contribution in [-0.2, 0) is 27.2 Å². The summed E-state index contributed by atoms with van der Waals surface area (Å²) in [5, 5.41) is 7.56. The first-order chi connectivity index (χ1) is 12.6. The van der Waals surface area contributed by atoms with Crippen LogP contribution in [0.2, 0.25) is 0 Å². The van der Waals surface area contributed by atoms with Gasteiger partial charge in [0.05, 0.1) is 12.1 Å². The maximum atomic E-state index is 12.6. The second kappa shape index (κ2) is 6.87. The number of nitrogens with zero attached hydrogens (tertiary/aromatic N) is 2. The standard InChI is InChI=1S/C18H18N4O3S/c23-15-6-5-13(20-15)17(25)21-18-19-12(10-26-18)9-16(24)22-8-7-11-3-1-2-4-14(11)22/h1-4,10,13H,5-9H2,(H,20,23)(H,19,21,25)/t13-/m0/s1. The van der Waals surface area contributed by atoms with Crippen LogP contribution < -0.4 is 15.5 Å². The van der Waals surface area contributed by atoms with Crippen molar-refractivity contribution in [2.24, 2.45) is 0 Å². The third-order valence-corrected chi connectivity index (χ3v) is 5.42. The van der Waals surface area contributed by atoms with E-state index in [1.165, 1.54) is 16.9 Å². The monoisotopic (exact) mass is 370 g/mol. The Morgan fingerprint density at radius 1 is 1.31 bits per heavy atom. The molecule has 0 bridgehead atoms. The lowest BCUT2D eigenvalue weighted by Crippen LogP contribution is -2.37. The Balaban J connectivity index is 1.37. The van der Waals surface area contributed by atoms with E-state index in [4.69, 9.17) is 0 Å². The van der Waals surface area contributed by atoms with E-state index < -0.39 is 6.04 Å². The zero-order chi connectivity index (χ0) is 18.1. The van der Waals surface area contributed by atoms with Crippen molar-refractivity contribution in [1.29, 1.82) is 0 Å². The van der Waals surface area contributed by atoms with Gasteiger partial charge >= 0.3 is 0 Å². The van der Waals surface area contributed by atoms with Crippen molar-refractivity contribution in [3.63, 3.8) is 0 Å². The van der Waals surface area contributed by atoms with Crippen LogP contribution in [0.15, 0.2) is 29.6 Å². The molecule has 1 saturated heterocycles. The van der Waals surface area contributed by atoms with Gasteiger partial charge in [0, 0.05) is 24.0 Å². The second-order valence-electron chi connectivity index (χ2n) is 6.39. The molecule has 1 atom stereocenters. The minimum absolute atomic E-state index is 0.00110. The van der Waals surface area contributed by atoms with E-state index in [-0.39, 0.29) is 24.1 Å². The zero-order valence-electron chi connectivity index (χ0n) is 14.0. The molecule has 2 aliphatic heterocycles. The summed E-state index contributed by atoms with van der Waals surface area (Å²) in [5.41, 5.74) is 2.79. The lowest BCUT2D eigenvalue weighted by molar-refractivity contribution is -0.122. The first-order valence-electron chi connectivity index (χ1n) is 8.53. The van der Waals surface area contributed by atoms with Crippen LogP contribution in [0.5, 0.6) is 0 Å². The van der Waals surface area contributed by atoms with Gasteiger partial charge in [-0.3, -0.25) is 14.4 Å². The van der Waals surface area contributed by atoms with Crippen LogP contribution in [0.1, 0.15) is 24.1 Å². The van der Waals surface area contributed by atoms with Crippen LogP contribution >= 0.6 is 11.3 Å². The van der Waals surface area contributed by atoms with Gasteiger partial charge in [0.15, 0.2) is 5.13 Å². The fourth-order valence-electron chi connectivity index (χ4n) is 3.30. The number of thiazole rings is 1. The lowest BCUT2D eigenvalue weighted by Gasteiger charge is -2.16. The Morgan fingerprint density at radius 2 is 2.15 bits per heavy atom. The van der Waals surface area contributed by atoms with Crippen molar-refractivity contribution >= 4 is 39.9 Å². The van der Waals surface area contributed by atoms with E-state index in [1.54, 1.807) is 10.3 Å². The van der Waals surface area contributed by atoms with Crippen LogP contribution in [0.25, 0.3) is 0 Å². The molecule has 3 amide bonds. The molecule has 7 nitrogen and oxygen atoms in total. The summed E-state index contributed by atoms with van der Waals surface area (Å²) < 4.78 is 0. The number of carbonyl (C=O) groups excluding carboxylic acids is 3. The van der Waals surface area contributed by atoms with Gasteiger partial charge < -0.3 is 15.5 Å². The molecule has 2 N–H and O–H groups in total. The molecule has 26 heavy (non-hydrogen) atoms. The molecular weight excluding hydrogens is 352 g/mol. The van der Waals surface area contributed by atoms with Crippen molar-refractivity contribution in [3.05, 3.63) is 40.9 Å². The fourth-order valence-corrected chi connectivity index (χ4v) is 4.01. The maximum Gasteiger partial charge on any atom is 0.248 e. The summed E-state index contributed by atoms with van der Waals surface area (Å²) in [6.07, 6.45) is 1.93. The van der Waals surface area contributed by atoms with Crippen LogP contribution in [0, 0.1) is 0 Å². The molecule has 0 spiro atoms. The van der Waals surface area contributed by atoms with Crippen LogP contribution in [-0.4, -0.2) is 35.3 Å². The number of carbonyl (C=O) groups is 3. The molecule has 0 saturated carbocycles. The van der Waals surface area contributed by atoms with Gasteiger partial charge in [-0.15, -0.1) is 11.3 Å². The molecule has 0 aliphatic carbocycles. The summed E-state index contributed by atoms with van der Waals surface area (Å²) in [4.78, 5) is 42.0. The first-order valence-corrected chi connectivity index (χ1v) is 9.41. The van der Waals surface area contributed by atoms with E-state index in [0.717, 1.165) is 12.1 Å². The molecule has 1 fully saturated rings. The van der Waals surface area contributed by atoms with Crippen molar-refractivity contribution in [2.75, 3.05) is 16.8 Å². The van der Waals surface area contributed by atoms with Gasteiger partial charge in [0.2, 0.25) is 17.7 Å². The van der Waals surface area contributed by atoms with Crippen molar-refractivity contribution in [2.45, 2.75) is 31.7 Å². The van der Waals surface area contributed by atoms with Gasteiger partial charge in [-0.1, -0.05) is 18.2 Å².